The van der Waals surface area contributed by atoms with Crippen LogP contribution in [0, 0.1) is 10.1 Å². The first-order valence-corrected chi connectivity index (χ1v) is 6.31. The van der Waals surface area contributed by atoms with Gasteiger partial charge < -0.3 is 9.47 Å². The molecule has 0 spiro atoms. The fourth-order valence-corrected chi connectivity index (χ4v) is 1.64. The highest BCUT2D eigenvalue weighted by atomic mass is 16.6. The van der Waals surface area contributed by atoms with Gasteiger partial charge in [0.15, 0.2) is 0 Å². The van der Waals surface area contributed by atoms with Gasteiger partial charge in [-0.25, -0.2) is 0 Å². The summed E-state index contributed by atoms with van der Waals surface area (Å²) in [6.45, 7) is 0.993. The van der Waals surface area contributed by atoms with Gasteiger partial charge in [-0.2, -0.15) is 0 Å². The molecular weight excluding hydrogens is 258 g/mol. The molecule has 0 N–H and O–H groups in total. The van der Waals surface area contributed by atoms with Crippen molar-refractivity contribution in [3.63, 3.8) is 0 Å². The van der Waals surface area contributed by atoms with Gasteiger partial charge in [-0.15, -0.1) is 0 Å². The summed E-state index contributed by atoms with van der Waals surface area (Å²) in [5, 5.41) is 10.6. The minimum atomic E-state index is -0.439. The Morgan fingerprint density at radius 3 is 2.25 bits per heavy atom. The van der Waals surface area contributed by atoms with Crippen LogP contribution < -0.4 is 9.47 Å². The summed E-state index contributed by atoms with van der Waals surface area (Å²) in [6.07, 6.45) is 0.706. The molecule has 0 aliphatic carbocycles. The maximum atomic E-state index is 10.6. The number of hydrogen-bond acceptors (Lipinski definition) is 4. The van der Waals surface area contributed by atoms with Gasteiger partial charge >= 0.3 is 0 Å². The molecule has 5 nitrogen and oxygen atoms in total. The molecule has 0 heterocycles. The van der Waals surface area contributed by atoms with Crippen LogP contribution in [0.25, 0.3) is 0 Å². The van der Waals surface area contributed by atoms with Crippen molar-refractivity contribution >= 4 is 5.69 Å². The molecule has 0 fully saturated rings. The van der Waals surface area contributed by atoms with E-state index in [0.717, 1.165) is 5.75 Å². The minimum Gasteiger partial charge on any atom is -0.493 e. The van der Waals surface area contributed by atoms with Crippen molar-refractivity contribution in [1.29, 1.82) is 0 Å². The monoisotopic (exact) mass is 273 g/mol. The number of ether oxygens (including phenoxy) is 2. The van der Waals surface area contributed by atoms with Crippen molar-refractivity contribution in [3.8, 4) is 11.5 Å². The van der Waals surface area contributed by atoms with Gasteiger partial charge in [0.1, 0.15) is 11.5 Å². The van der Waals surface area contributed by atoms with E-state index in [4.69, 9.17) is 9.47 Å². The quantitative estimate of drug-likeness (QED) is 0.440. The van der Waals surface area contributed by atoms with Gasteiger partial charge in [0.05, 0.1) is 24.2 Å². The van der Waals surface area contributed by atoms with Gasteiger partial charge in [-0.1, -0.05) is 24.3 Å². The molecule has 0 radical (unpaired) electrons. The first-order valence-electron chi connectivity index (χ1n) is 6.31. The second-order valence-corrected chi connectivity index (χ2v) is 4.12. The fraction of sp³-hybridized carbons (Fsp3) is 0.200. The highest BCUT2D eigenvalue weighted by Gasteiger charge is 2.05. The van der Waals surface area contributed by atoms with Crippen molar-refractivity contribution in [2.24, 2.45) is 0 Å². The van der Waals surface area contributed by atoms with Gasteiger partial charge in [-0.05, 0) is 18.2 Å². The summed E-state index contributed by atoms with van der Waals surface area (Å²) >= 11 is 0. The Hall–Kier alpha value is -2.56. The number of rotatable bonds is 7. The molecular formula is C15H15NO4. The minimum absolute atomic E-state index is 0.0306. The Balaban J connectivity index is 1.71. The normalized spacial score (nSPS) is 10.0. The molecule has 0 amide bonds. The van der Waals surface area contributed by atoms with Crippen LogP contribution in [-0.4, -0.2) is 18.1 Å². The average molecular weight is 273 g/mol. The lowest BCUT2D eigenvalue weighted by atomic mass is 10.3. The second kappa shape index (κ2) is 7.13. The number of non-ortho nitro benzene ring substituents is 1. The van der Waals surface area contributed by atoms with Crippen LogP contribution in [0.3, 0.4) is 0 Å². The maximum absolute atomic E-state index is 10.6. The number of nitro benzene ring substituents is 1. The third-order valence-electron chi connectivity index (χ3n) is 2.60. The predicted octanol–water partition coefficient (Wildman–Crippen LogP) is 3.44. The number of nitrogens with zero attached hydrogens (tertiary/aromatic N) is 1. The molecule has 20 heavy (non-hydrogen) atoms. The topological polar surface area (TPSA) is 61.6 Å². The number of para-hydroxylation sites is 1. The van der Waals surface area contributed by atoms with Crippen molar-refractivity contribution in [2.75, 3.05) is 13.2 Å². The predicted molar refractivity (Wildman–Crippen MR) is 75.1 cm³/mol. The number of nitro groups is 1. The Kier molecular flexibility index (Phi) is 4.94. The van der Waals surface area contributed by atoms with Crippen molar-refractivity contribution < 1.29 is 14.4 Å². The summed E-state index contributed by atoms with van der Waals surface area (Å²) in [4.78, 5) is 10.2. The van der Waals surface area contributed by atoms with E-state index in [0.29, 0.717) is 25.4 Å². The van der Waals surface area contributed by atoms with Crippen LogP contribution in [-0.2, 0) is 0 Å². The Morgan fingerprint density at radius 1 is 0.900 bits per heavy atom. The highest BCUT2D eigenvalue weighted by molar-refractivity contribution is 5.37. The lowest BCUT2D eigenvalue weighted by Crippen LogP contribution is -2.05. The van der Waals surface area contributed by atoms with E-state index in [9.17, 15) is 10.1 Å². The van der Waals surface area contributed by atoms with Crippen LogP contribution in [0.2, 0.25) is 0 Å². The first-order chi connectivity index (χ1) is 9.75. The maximum Gasteiger partial charge on any atom is 0.273 e. The number of benzene rings is 2. The smallest absolute Gasteiger partial charge is 0.273 e. The Bertz CT molecular complexity index is 557. The lowest BCUT2D eigenvalue weighted by molar-refractivity contribution is -0.384. The Labute approximate surface area is 116 Å². The van der Waals surface area contributed by atoms with E-state index in [1.807, 2.05) is 30.3 Å². The van der Waals surface area contributed by atoms with Crippen molar-refractivity contribution in [1.82, 2.24) is 0 Å². The van der Waals surface area contributed by atoms with Crippen molar-refractivity contribution in [2.45, 2.75) is 6.42 Å². The zero-order valence-electron chi connectivity index (χ0n) is 10.9. The van der Waals surface area contributed by atoms with Crippen LogP contribution in [0.15, 0.2) is 54.6 Å². The molecule has 2 aromatic rings. The summed E-state index contributed by atoms with van der Waals surface area (Å²) < 4.78 is 11.0. The van der Waals surface area contributed by atoms with E-state index < -0.39 is 4.92 Å². The molecule has 0 bridgehead atoms. The van der Waals surface area contributed by atoms with Gasteiger partial charge in [-0.3, -0.25) is 10.1 Å². The summed E-state index contributed by atoms with van der Waals surface area (Å²) in [7, 11) is 0. The molecule has 2 rings (SSSR count). The van der Waals surface area contributed by atoms with E-state index in [2.05, 4.69) is 0 Å². The molecule has 104 valence electrons. The van der Waals surface area contributed by atoms with Crippen LogP contribution in [0.4, 0.5) is 5.69 Å². The molecule has 0 aliphatic heterocycles. The molecule has 0 saturated heterocycles. The van der Waals surface area contributed by atoms with Gasteiger partial charge in [0, 0.05) is 12.5 Å². The van der Waals surface area contributed by atoms with E-state index in [1.165, 1.54) is 12.1 Å². The Morgan fingerprint density at radius 2 is 1.55 bits per heavy atom. The average Bonchev–Trinajstić information content (AvgIpc) is 2.48. The fourth-order valence-electron chi connectivity index (χ4n) is 1.64. The van der Waals surface area contributed by atoms with E-state index in [-0.39, 0.29) is 5.69 Å². The van der Waals surface area contributed by atoms with Gasteiger partial charge in [0.25, 0.3) is 5.69 Å². The van der Waals surface area contributed by atoms with Crippen LogP contribution >= 0.6 is 0 Å². The van der Waals surface area contributed by atoms with Crippen molar-refractivity contribution in [3.05, 3.63) is 64.7 Å². The molecule has 0 atom stereocenters. The zero-order valence-corrected chi connectivity index (χ0v) is 10.9. The highest BCUT2D eigenvalue weighted by Crippen LogP contribution is 2.19. The summed E-state index contributed by atoms with van der Waals surface area (Å²) in [5.41, 5.74) is 0.0306. The number of hydrogen-bond donors (Lipinski definition) is 0. The third kappa shape index (κ3) is 4.28. The molecule has 0 saturated carbocycles. The lowest BCUT2D eigenvalue weighted by Gasteiger charge is -2.07. The molecule has 2 aromatic carbocycles. The van der Waals surface area contributed by atoms with Gasteiger partial charge in [0.2, 0.25) is 0 Å². The van der Waals surface area contributed by atoms with Crippen LogP contribution in [0.5, 0.6) is 11.5 Å². The molecule has 0 unspecified atom stereocenters. The molecule has 0 aromatic heterocycles. The zero-order chi connectivity index (χ0) is 14.2. The SMILES string of the molecule is O=[N+]([O-])c1cccc(OCCCOc2ccccc2)c1. The standard InChI is InChI=1S/C15H15NO4/c17-16(18)13-6-4-9-15(12-13)20-11-5-10-19-14-7-2-1-3-8-14/h1-4,6-9,12H,5,10-11H2. The molecule has 0 aliphatic rings. The summed E-state index contributed by atoms with van der Waals surface area (Å²) in [5.74, 6) is 1.32. The second-order valence-electron chi connectivity index (χ2n) is 4.12. The van der Waals surface area contributed by atoms with E-state index in [1.54, 1.807) is 12.1 Å². The van der Waals surface area contributed by atoms with E-state index >= 15 is 0 Å². The summed E-state index contributed by atoms with van der Waals surface area (Å²) in [6, 6.07) is 15.7. The third-order valence-corrected chi connectivity index (χ3v) is 2.60. The molecule has 5 heteroatoms. The largest absolute Gasteiger partial charge is 0.493 e. The first kappa shape index (κ1) is 13.9. The van der Waals surface area contributed by atoms with Crippen LogP contribution in [0.1, 0.15) is 6.42 Å².